The molecule has 0 aromatic rings. The van der Waals surface area contributed by atoms with Gasteiger partial charge in [-0.1, -0.05) is 6.92 Å². The first-order valence-corrected chi connectivity index (χ1v) is 6.77. The maximum atomic E-state index is 11.6. The molecule has 1 fully saturated rings. The Morgan fingerprint density at radius 1 is 1.47 bits per heavy atom. The fraction of sp³-hybridized carbons (Fsp3) is 0.846. The van der Waals surface area contributed by atoms with Crippen molar-refractivity contribution in [1.82, 2.24) is 10.6 Å². The maximum absolute atomic E-state index is 11.6. The van der Waals surface area contributed by atoms with Crippen LogP contribution in [-0.4, -0.2) is 38.1 Å². The smallest absolute Gasteiger partial charge is 0.310 e. The van der Waals surface area contributed by atoms with Crippen molar-refractivity contribution in [3.8, 4) is 0 Å². The number of amides is 1. The molecule has 1 rings (SSSR count). The summed E-state index contributed by atoms with van der Waals surface area (Å²) in [6.07, 6.45) is 2.63. The lowest BCUT2D eigenvalue weighted by Gasteiger charge is -2.12. The third-order valence-corrected chi connectivity index (χ3v) is 3.24. The van der Waals surface area contributed by atoms with Crippen LogP contribution in [0.25, 0.3) is 0 Å². The molecule has 2 unspecified atom stereocenters. The molecule has 1 aliphatic heterocycles. The van der Waals surface area contributed by atoms with E-state index < -0.39 is 0 Å². The zero-order valence-electron chi connectivity index (χ0n) is 11.7. The largest absolute Gasteiger partial charge is 0.466 e. The highest BCUT2D eigenvalue weighted by Crippen LogP contribution is 2.13. The van der Waals surface area contributed by atoms with Crippen molar-refractivity contribution in [2.45, 2.75) is 33.1 Å². The molecule has 0 radical (unpaired) electrons. The molecule has 0 aliphatic carbocycles. The highest BCUT2D eigenvalue weighted by atomic mass is 35.5. The van der Waals surface area contributed by atoms with Gasteiger partial charge in [-0.15, -0.1) is 12.4 Å². The Kier molecular flexibility index (Phi) is 9.61. The van der Waals surface area contributed by atoms with Crippen molar-refractivity contribution >= 4 is 24.3 Å². The molecular weight excluding hydrogens is 268 g/mol. The number of carbonyl (C=O) groups is 2. The molecule has 1 aliphatic rings. The Hall–Kier alpha value is -0.810. The highest BCUT2D eigenvalue weighted by Gasteiger charge is 2.17. The lowest BCUT2D eigenvalue weighted by Crippen LogP contribution is -2.32. The Balaban J connectivity index is 0.00000324. The quantitative estimate of drug-likeness (QED) is 0.690. The van der Waals surface area contributed by atoms with Gasteiger partial charge in [0.25, 0.3) is 0 Å². The number of hydrogen-bond acceptors (Lipinski definition) is 4. The van der Waals surface area contributed by atoms with Crippen LogP contribution in [0.4, 0.5) is 0 Å². The number of halogens is 1. The second-order valence-corrected chi connectivity index (χ2v) is 4.85. The second-order valence-electron chi connectivity index (χ2n) is 4.85. The zero-order chi connectivity index (χ0) is 13.4. The fourth-order valence-corrected chi connectivity index (χ4v) is 2.02. The van der Waals surface area contributed by atoms with Crippen molar-refractivity contribution in [2.75, 3.05) is 26.2 Å². The lowest BCUT2D eigenvalue weighted by atomic mass is 10.0. The standard InChI is InChI=1S/C13H24N2O3.ClH/c1-3-18-13(17)10(2)8-15-12(16)5-4-11-6-7-14-9-11;/h10-11,14H,3-9H2,1-2H3,(H,15,16);1H. The topological polar surface area (TPSA) is 67.4 Å². The van der Waals surface area contributed by atoms with Crippen LogP contribution in [0.15, 0.2) is 0 Å². The normalized spacial score (nSPS) is 19.4. The van der Waals surface area contributed by atoms with E-state index in [0.29, 0.717) is 25.5 Å². The number of nitrogens with one attached hydrogen (secondary N) is 2. The maximum Gasteiger partial charge on any atom is 0.310 e. The first-order valence-electron chi connectivity index (χ1n) is 6.77. The summed E-state index contributed by atoms with van der Waals surface area (Å²) in [6, 6.07) is 0. The highest BCUT2D eigenvalue weighted by molar-refractivity contribution is 5.85. The molecule has 1 amide bonds. The van der Waals surface area contributed by atoms with Crippen molar-refractivity contribution in [1.29, 1.82) is 0 Å². The third-order valence-electron chi connectivity index (χ3n) is 3.24. The van der Waals surface area contributed by atoms with Crippen molar-refractivity contribution in [3.05, 3.63) is 0 Å². The molecular formula is C13H25ClN2O3. The predicted octanol–water partition coefficient (Wildman–Crippen LogP) is 1.11. The number of esters is 1. The zero-order valence-corrected chi connectivity index (χ0v) is 12.6. The van der Waals surface area contributed by atoms with E-state index >= 15 is 0 Å². The van der Waals surface area contributed by atoms with Gasteiger partial charge >= 0.3 is 5.97 Å². The van der Waals surface area contributed by atoms with E-state index in [0.717, 1.165) is 25.9 Å². The molecule has 2 atom stereocenters. The summed E-state index contributed by atoms with van der Waals surface area (Å²) in [5, 5.41) is 6.07. The van der Waals surface area contributed by atoms with E-state index in [4.69, 9.17) is 4.74 Å². The number of hydrogen-bond donors (Lipinski definition) is 2. The van der Waals surface area contributed by atoms with E-state index in [2.05, 4.69) is 10.6 Å². The minimum absolute atomic E-state index is 0. The molecule has 0 aromatic heterocycles. The monoisotopic (exact) mass is 292 g/mol. The van der Waals surface area contributed by atoms with E-state index in [1.165, 1.54) is 0 Å². The molecule has 0 spiro atoms. The van der Waals surface area contributed by atoms with Gasteiger partial charge in [-0.2, -0.15) is 0 Å². The van der Waals surface area contributed by atoms with Crippen LogP contribution in [0.3, 0.4) is 0 Å². The molecule has 1 saturated heterocycles. The molecule has 0 bridgehead atoms. The van der Waals surface area contributed by atoms with Crippen molar-refractivity contribution < 1.29 is 14.3 Å². The summed E-state index contributed by atoms with van der Waals surface area (Å²) in [6.45, 7) is 6.36. The minimum atomic E-state index is -0.276. The van der Waals surface area contributed by atoms with Crippen LogP contribution in [-0.2, 0) is 14.3 Å². The van der Waals surface area contributed by atoms with Crippen LogP contribution >= 0.6 is 12.4 Å². The van der Waals surface area contributed by atoms with Gasteiger partial charge in [0.1, 0.15) is 0 Å². The van der Waals surface area contributed by atoms with Crippen molar-refractivity contribution in [2.24, 2.45) is 11.8 Å². The Bertz CT molecular complexity index is 281. The van der Waals surface area contributed by atoms with Gasteiger partial charge in [-0.3, -0.25) is 9.59 Å². The number of rotatable bonds is 7. The van der Waals surface area contributed by atoms with Crippen LogP contribution in [0.1, 0.15) is 33.1 Å². The molecule has 1 heterocycles. The Morgan fingerprint density at radius 2 is 2.21 bits per heavy atom. The lowest BCUT2D eigenvalue weighted by molar-refractivity contribution is -0.147. The molecule has 0 saturated carbocycles. The first-order chi connectivity index (χ1) is 8.63. The molecule has 6 heteroatoms. The van der Waals surface area contributed by atoms with Crippen LogP contribution < -0.4 is 10.6 Å². The van der Waals surface area contributed by atoms with Gasteiger partial charge in [0, 0.05) is 13.0 Å². The Labute approximate surface area is 121 Å². The average molecular weight is 293 g/mol. The van der Waals surface area contributed by atoms with Gasteiger partial charge in [0.15, 0.2) is 0 Å². The summed E-state index contributed by atoms with van der Waals surface area (Å²) < 4.78 is 4.88. The SMILES string of the molecule is CCOC(=O)C(C)CNC(=O)CCC1CCNC1.Cl. The average Bonchev–Trinajstić information content (AvgIpc) is 2.86. The van der Waals surface area contributed by atoms with Gasteiger partial charge in [-0.25, -0.2) is 0 Å². The Morgan fingerprint density at radius 3 is 2.79 bits per heavy atom. The molecule has 0 aromatic carbocycles. The predicted molar refractivity (Wildman–Crippen MR) is 76.3 cm³/mol. The molecule has 2 N–H and O–H groups in total. The second kappa shape index (κ2) is 10.0. The number of carbonyl (C=O) groups excluding carboxylic acids is 2. The third kappa shape index (κ3) is 7.38. The van der Waals surface area contributed by atoms with Crippen LogP contribution in [0, 0.1) is 11.8 Å². The summed E-state index contributed by atoms with van der Waals surface area (Å²) in [4.78, 5) is 22.9. The summed E-state index contributed by atoms with van der Waals surface area (Å²) in [5.41, 5.74) is 0. The first kappa shape index (κ1) is 18.2. The fourth-order valence-electron chi connectivity index (χ4n) is 2.02. The molecule has 112 valence electrons. The van der Waals surface area contributed by atoms with E-state index in [1.54, 1.807) is 13.8 Å². The molecule has 19 heavy (non-hydrogen) atoms. The van der Waals surface area contributed by atoms with Gasteiger partial charge < -0.3 is 15.4 Å². The van der Waals surface area contributed by atoms with E-state index in [-0.39, 0.29) is 30.2 Å². The van der Waals surface area contributed by atoms with Gasteiger partial charge in [0.05, 0.1) is 12.5 Å². The van der Waals surface area contributed by atoms with E-state index in [1.807, 2.05) is 0 Å². The number of ether oxygens (including phenoxy) is 1. The molecule has 5 nitrogen and oxygen atoms in total. The van der Waals surface area contributed by atoms with Crippen LogP contribution in [0.5, 0.6) is 0 Å². The summed E-state index contributed by atoms with van der Waals surface area (Å²) in [5.74, 6) is 0.121. The minimum Gasteiger partial charge on any atom is -0.466 e. The van der Waals surface area contributed by atoms with Crippen LogP contribution in [0.2, 0.25) is 0 Å². The van der Waals surface area contributed by atoms with Gasteiger partial charge in [-0.05, 0) is 38.8 Å². The summed E-state index contributed by atoms with van der Waals surface area (Å²) >= 11 is 0. The summed E-state index contributed by atoms with van der Waals surface area (Å²) in [7, 11) is 0. The van der Waals surface area contributed by atoms with Crippen molar-refractivity contribution in [3.63, 3.8) is 0 Å². The van der Waals surface area contributed by atoms with Gasteiger partial charge in [0.2, 0.25) is 5.91 Å². The van der Waals surface area contributed by atoms with E-state index in [9.17, 15) is 9.59 Å².